The van der Waals surface area contributed by atoms with Crippen LogP contribution in [-0.4, -0.2) is 33.4 Å². The molecule has 1 amide bonds. The Hall–Kier alpha value is -3.35. The quantitative estimate of drug-likeness (QED) is 0.702. The summed E-state index contributed by atoms with van der Waals surface area (Å²) < 4.78 is 28.1. The minimum Gasteiger partial charge on any atom is -0.335 e. The molecule has 1 saturated heterocycles. The molecule has 0 spiro atoms. The molecule has 5 nitrogen and oxygen atoms in total. The highest BCUT2D eigenvalue weighted by molar-refractivity contribution is 5.88. The lowest BCUT2D eigenvalue weighted by Crippen LogP contribution is -2.39. The summed E-state index contributed by atoms with van der Waals surface area (Å²) in [5.74, 6) is -1.92. The molecule has 3 heterocycles. The molecule has 1 N–H and O–H groups in total. The number of hydrogen-bond donors (Lipinski definition) is 1. The molecule has 0 saturated carbocycles. The van der Waals surface area contributed by atoms with Gasteiger partial charge in [-0.2, -0.15) is 0 Å². The lowest BCUT2D eigenvalue weighted by Gasteiger charge is -2.29. The number of nitrogens with zero attached hydrogens (tertiary/aromatic N) is 2. The molecule has 0 radical (unpaired) electrons. The van der Waals surface area contributed by atoms with E-state index in [0.29, 0.717) is 12.1 Å². The second-order valence-corrected chi connectivity index (χ2v) is 8.45. The summed E-state index contributed by atoms with van der Waals surface area (Å²) in [6.45, 7) is 4.13. The van der Waals surface area contributed by atoms with Crippen LogP contribution in [0.25, 0.3) is 16.5 Å². The van der Waals surface area contributed by atoms with Crippen molar-refractivity contribution in [3.8, 4) is 0 Å². The average Bonchev–Trinajstić information content (AvgIpc) is 3.35. The lowest BCUT2D eigenvalue weighted by atomic mass is 9.98. The first-order chi connectivity index (χ1) is 14.8. The third-order valence-corrected chi connectivity index (χ3v) is 6.41. The summed E-state index contributed by atoms with van der Waals surface area (Å²) >= 11 is 0. The molecule has 1 aliphatic carbocycles. The third-order valence-electron chi connectivity index (χ3n) is 6.41. The Labute approximate surface area is 177 Å². The topological polar surface area (TPSA) is 66.1 Å². The zero-order chi connectivity index (χ0) is 21.9. The van der Waals surface area contributed by atoms with Gasteiger partial charge in [-0.3, -0.25) is 14.6 Å². The van der Waals surface area contributed by atoms with Crippen LogP contribution in [0.5, 0.6) is 0 Å². The van der Waals surface area contributed by atoms with Gasteiger partial charge in [0.15, 0.2) is 11.6 Å². The number of aromatic amines is 1. The number of benzene rings is 1. The number of fused-ring (bicyclic) bond motifs is 3. The van der Waals surface area contributed by atoms with E-state index >= 15 is 0 Å². The van der Waals surface area contributed by atoms with Gasteiger partial charge in [-0.15, -0.1) is 0 Å². The number of nitrogens with one attached hydrogen (secondary N) is 1. The van der Waals surface area contributed by atoms with Crippen LogP contribution in [0.15, 0.2) is 41.5 Å². The van der Waals surface area contributed by atoms with Gasteiger partial charge in [0.05, 0.1) is 18.0 Å². The minimum atomic E-state index is -1.02. The van der Waals surface area contributed by atoms with E-state index in [1.165, 1.54) is 6.07 Å². The summed E-state index contributed by atoms with van der Waals surface area (Å²) in [6, 6.07) is 4.31. The van der Waals surface area contributed by atoms with Crippen molar-refractivity contribution in [2.45, 2.75) is 32.7 Å². The first-order valence-electron chi connectivity index (χ1n) is 10.3. The van der Waals surface area contributed by atoms with Crippen LogP contribution in [0, 0.1) is 31.4 Å². The largest absolute Gasteiger partial charge is 0.335 e. The van der Waals surface area contributed by atoms with E-state index in [0.717, 1.165) is 29.2 Å². The van der Waals surface area contributed by atoms with Gasteiger partial charge >= 0.3 is 0 Å². The zero-order valence-electron chi connectivity index (χ0n) is 17.2. The predicted molar refractivity (Wildman–Crippen MR) is 113 cm³/mol. The van der Waals surface area contributed by atoms with Gasteiger partial charge in [-0.1, -0.05) is 6.08 Å². The van der Waals surface area contributed by atoms with Gasteiger partial charge in [0, 0.05) is 29.9 Å². The number of halogens is 2. The second-order valence-electron chi connectivity index (χ2n) is 8.45. The molecule has 1 aliphatic heterocycles. The lowest BCUT2D eigenvalue weighted by molar-refractivity contribution is -0.130. The van der Waals surface area contributed by atoms with Crippen LogP contribution in [0.4, 0.5) is 8.78 Å². The van der Waals surface area contributed by atoms with Crippen molar-refractivity contribution in [1.82, 2.24) is 14.9 Å². The number of carbonyl (C=O) groups excluding carboxylic acids is 1. The van der Waals surface area contributed by atoms with Crippen LogP contribution in [0.2, 0.25) is 0 Å². The summed E-state index contributed by atoms with van der Waals surface area (Å²) in [4.78, 5) is 34.5. The van der Waals surface area contributed by atoms with Gasteiger partial charge in [-0.05, 0) is 66.6 Å². The number of hydrogen-bond acceptors (Lipinski definition) is 3. The number of aromatic nitrogens is 2. The number of pyridine rings is 2. The number of carbonyl (C=O) groups is 1. The first kappa shape index (κ1) is 19.6. The van der Waals surface area contributed by atoms with E-state index in [1.54, 1.807) is 24.2 Å². The summed E-state index contributed by atoms with van der Waals surface area (Å²) in [7, 11) is 0. The maximum absolute atomic E-state index is 14.4. The van der Waals surface area contributed by atoms with E-state index in [2.05, 4.69) is 22.1 Å². The molecule has 158 valence electrons. The normalized spacial score (nSPS) is 19.9. The Morgan fingerprint density at radius 3 is 2.81 bits per heavy atom. The van der Waals surface area contributed by atoms with Crippen LogP contribution in [0.1, 0.15) is 28.7 Å². The Balaban J connectivity index is 1.46. The van der Waals surface area contributed by atoms with Gasteiger partial charge < -0.3 is 9.88 Å². The number of aryl methyl sites for hydroxylation is 2. The van der Waals surface area contributed by atoms with Gasteiger partial charge in [-0.25, -0.2) is 8.78 Å². The Morgan fingerprint density at radius 2 is 2.06 bits per heavy atom. The average molecular weight is 421 g/mol. The molecule has 2 aromatic heterocycles. The van der Waals surface area contributed by atoms with Crippen molar-refractivity contribution < 1.29 is 13.6 Å². The molecule has 5 rings (SSSR count). The molecule has 1 fully saturated rings. The second kappa shape index (κ2) is 7.11. The Kier molecular flexibility index (Phi) is 4.50. The fraction of sp³-hybridized carbons (Fsp3) is 0.292. The fourth-order valence-corrected chi connectivity index (χ4v) is 4.93. The monoisotopic (exact) mass is 421 g/mol. The van der Waals surface area contributed by atoms with Gasteiger partial charge in [0.25, 0.3) is 5.56 Å². The highest BCUT2D eigenvalue weighted by Crippen LogP contribution is 2.42. The van der Waals surface area contributed by atoms with Crippen molar-refractivity contribution >= 4 is 22.4 Å². The van der Waals surface area contributed by atoms with Crippen molar-refractivity contribution in [3.63, 3.8) is 0 Å². The number of rotatable bonds is 3. The maximum atomic E-state index is 14.4. The molecule has 1 aromatic carbocycles. The molecule has 2 bridgehead atoms. The molecular formula is C24H21F2N3O2. The van der Waals surface area contributed by atoms with E-state index in [4.69, 9.17) is 0 Å². The van der Waals surface area contributed by atoms with E-state index < -0.39 is 17.2 Å². The van der Waals surface area contributed by atoms with Gasteiger partial charge in [0.2, 0.25) is 5.91 Å². The third kappa shape index (κ3) is 3.15. The molecule has 2 aliphatic rings. The number of likely N-dealkylation sites (tertiary alicyclic amines) is 1. The molecule has 3 aromatic rings. The van der Waals surface area contributed by atoms with Crippen LogP contribution in [0.3, 0.4) is 0 Å². The van der Waals surface area contributed by atoms with Crippen molar-refractivity contribution in [3.05, 3.63) is 80.9 Å². The van der Waals surface area contributed by atoms with Crippen molar-refractivity contribution in [1.29, 1.82) is 0 Å². The predicted octanol–water partition coefficient (Wildman–Crippen LogP) is 3.67. The number of amides is 1. The highest BCUT2D eigenvalue weighted by Gasteiger charge is 2.42. The van der Waals surface area contributed by atoms with Crippen LogP contribution >= 0.6 is 0 Å². The van der Waals surface area contributed by atoms with Crippen LogP contribution < -0.4 is 5.56 Å². The highest BCUT2D eigenvalue weighted by atomic mass is 19.2. The van der Waals surface area contributed by atoms with E-state index in [-0.39, 0.29) is 40.8 Å². The molecule has 2 atom stereocenters. The van der Waals surface area contributed by atoms with E-state index in [1.807, 2.05) is 6.92 Å². The van der Waals surface area contributed by atoms with E-state index in [9.17, 15) is 18.4 Å². The summed E-state index contributed by atoms with van der Waals surface area (Å²) in [5.41, 5.74) is 3.37. The molecule has 7 heteroatoms. The first-order valence-corrected chi connectivity index (χ1v) is 10.3. The Morgan fingerprint density at radius 1 is 1.26 bits per heavy atom. The van der Waals surface area contributed by atoms with Crippen LogP contribution in [-0.2, 0) is 11.2 Å². The fourth-order valence-electron chi connectivity index (χ4n) is 4.93. The SMILES string of the molecule is Cc1cncc(C2=CC3CC2N(C(=O)Cc2c(C)c4c(F)c(F)ccc4[nH]c2=O)C3)c1. The number of H-pyrrole nitrogens is 1. The molecule has 2 unspecified atom stereocenters. The van der Waals surface area contributed by atoms with Gasteiger partial charge in [0.1, 0.15) is 0 Å². The summed E-state index contributed by atoms with van der Waals surface area (Å²) in [6.07, 6.45) is 6.49. The van der Waals surface area contributed by atoms with Crippen molar-refractivity contribution in [2.75, 3.05) is 6.54 Å². The standard InChI is InChI=1S/C24H21F2N3O2/c1-12-5-15(10-27-9-12)17-6-14-7-20(17)29(11-14)21(30)8-16-13(2)22-19(28-24(16)31)4-3-18(25)23(22)26/h3-6,9-10,14,20H,7-8,11H2,1-2H3,(H,28,31). The smallest absolute Gasteiger partial charge is 0.252 e. The minimum absolute atomic E-state index is 0.0109. The summed E-state index contributed by atoms with van der Waals surface area (Å²) in [5, 5.41) is 0.0109. The zero-order valence-corrected chi connectivity index (χ0v) is 17.2. The molecular weight excluding hydrogens is 400 g/mol. The molecule has 31 heavy (non-hydrogen) atoms. The van der Waals surface area contributed by atoms with Crippen molar-refractivity contribution in [2.24, 2.45) is 5.92 Å². The maximum Gasteiger partial charge on any atom is 0.252 e. The Bertz CT molecular complexity index is 1330.